The first-order chi connectivity index (χ1) is 8.56. The molecule has 0 unspecified atom stereocenters. The molecule has 0 saturated carbocycles. The maximum absolute atomic E-state index is 10.8. The number of halogens is 1. The minimum Gasteiger partial charge on any atom is -0.478 e. The summed E-state index contributed by atoms with van der Waals surface area (Å²) in [4.78, 5) is 10.8. The normalized spacial score (nSPS) is 10.1. The molecule has 18 heavy (non-hydrogen) atoms. The highest BCUT2D eigenvalue weighted by Gasteiger charge is 2.07. The van der Waals surface area contributed by atoms with Gasteiger partial charge < -0.3 is 15.6 Å². The average molecular weight is 264 g/mol. The molecule has 0 spiro atoms. The van der Waals surface area contributed by atoms with Gasteiger partial charge in [0.1, 0.15) is 5.75 Å². The molecule has 0 radical (unpaired) electrons. The van der Waals surface area contributed by atoms with Gasteiger partial charge in [0.2, 0.25) is 0 Å². The molecule has 2 aromatic rings. The van der Waals surface area contributed by atoms with Gasteiger partial charge in [-0.15, -0.1) is 0 Å². The van der Waals surface area contributed by atoms with E-state index in [1.807, 2.05) is 0 Å². The highest BCUT2D eigenvalue weighted by molar-refractivity contribution is 6.30. The van der Waals surface area contributed by atoms with Crippen LogP contribution in [-0.4, -0.2) is 11.1 Å². The van der Waals surface area contributed by atoms with Gasteiger partial charge in [0, 0.05) is 11.1 Å². The van der Waals surface area contributed by atoms with Gasteiger partial charge in [0.05, 0.1) is 11.3 Å². The molecular weight excluding hydrogens is 254 g/mol. The molecule has 0 saturated heterocycles. The first kappa shape index (κ1) is 12.3. The third kappa shape index (κ3) is 2.73. The van der Waals surface area contributed by atoms with Crippen LogP contribution in [-0.2, 0) is 0 Å². The van der Waals surface area contributed by atoms with Gasteiger partial charge >= 0.3 is 5.97 Å². The van der Waals surface area contributed by atoms with Crippen molar-refractivity contribution in [2.24, 2.45) is 0 Å². The van der Waals surface area contributed by atoms with E-state index in [4.69, 9.17) is 27.2 Å². The van der Waals surface area contributed by atoms with Crippen molar-refractivity contribution < 1.29 is 14.6 Å². The molecule has 0 fully saturated rings. The minimum atomic E-state index is -1.01. The second-order valence-corrected chi connectivity index (χ2v) is 4.05. The standard InChI is InChI=1S/C13H10ClNO3/c14-9-4-5-11(15)12(7-9)18-10-3-1-2-8(6-10)13(16)17/h1-7H,15H2,(H,16,17). The van der Waals surface area contributed by atoms with Gasteiger partial charge in [-0.3, -0.25) is 0 Å². The number of rotatable bonds is 3. The van der Waals surface area contributed by atoms with Gasteiger partial charge in [-0.25, -0.2) is 4.79 Å². The lowest BCUT2D eigenvalue weighted by Gasteiger charge is -2.09. The Morgan fingerprint density at radius 3 is 2.72 bits per heavy atom. The number of hydrogen-bond acceptors (Lipinski definition) is 3. The minimum absolute atomic E-state index is 0.146. The van der Waals surface area contributed by atoms with Crippen molar-refractivity contribution >= 4 is 23.3 Å². The predicted molar refractivity (Wildman–Crippen MR) is 69.3 cm³/mol. The Kier molecular flexibility index (Phi) is 3.39. The second kappa shape index (κ2) is 4.98. The Morgan fingerprint density at radius 1 is 1.22 bits per heavy atom. The summed E-state index contributed by atoms with van der Waals surface area (Å²) in [5.74, 6) is -0.228. The molecule has 0 aliphatic heterocycles. The quantitative estimate of drug-likeness (QED) is 0.833. The summed E-state index contributed by atoms with van der Waals surface area (Å²) in [6.45, 7) is 0. The lowest BCUT2D eigenvalue weighted by atomic mass is 10.2. The van der Waals surface area contributed by atoms with Crippen molar-refractivity contribution in [3.8, 4) is 11.5 Å². The van der Waals surface area contributed by atoms with Crippen molar-refractivity contribution in [3.63, 3.8) is 0 Å². The Balaban J connectivity index is 2.31. The van der Waals surface area contributed by atoms with E-state index in [1.165, 1.54) is 12.1 Å². The molecule has 0 aliphatic rings. The molecule has 0 bridgehead atoms. The number of benzene rings is 2. The fourth-order valence-corrected chi connectivity index (χ4v) is 1.58. The van der Waals surface area contributed by atoms with Crippen LogP contribution >= 0.6 is 11.6 Å². The van der Waals surface area contributed by atoms with Crippen molar-refractivity contribution in [3.05, 3.63) is 53.1 Å². The van der Waals surface area contributed by atoms with Gasteiger partial charge in [-0.1, -0.05) is 17.7 Å². The Labute approximate surface area is 109 Å². The Bertz CT molecular complexity index is 599. The fraction of sp³-hybridized carbons (Fsp3) is 0. The van der Waals surface area contributed by atoms with Gasteiger partial charge in [-0.2, -0.15) is 0 Å². The molecule has 92 valence electrons. The average Bonchev–Trinajstić information content (AvgIpc) is 2.34. The number of hydrogen-bond donors (Lipinski definition) is 2. The van der Waals surface area contributed by atoms with Crippen molar-refractivity contribution in [2.45, 2.75) is 0 Å². The van der Waals surface area contributed by atoms with E-state index in [-0.39, 0.29) is 5.56 Å². The molecule has 5 heteroatoms. The second-order valence-electron chi connectivity index (χ2n) is 3.62. The number of ether oxygens (including phenoxy) is 1. The lowest BCUT2D eigenvalue weighted by molar-refractivity contribution is 0.0696. The van der Waals surface area contributed by atoms with Gasteiger partial charge in [-0.05, 0) is 30.3 Å². The van der Waals surface area contributed by atoms with Crippen LogP contribution in [0.5, 0.6) is 11.5 Å². The van der Waals surface area contributed by atoms with E-state index in [1.54, 1.807) is 30.3 Å². The molecule has 0 amide bonds. The summed E-state index contributed by atoms with van der Waals surface area (Å²) in [6, 6.07) is 11.0. The summed E-state index contributed by atoms with van der Waals surface area (Å²) in [6.07, 6.45) is 0. The predicted octanol–water partition coefficient (Wildman–Crippen LogP) is 3.41. The van der Waals surface area contributed by atoms with E-state index >= 15 is 0 Å². The first-order valence-corrected chi connectivity index (χ1v) is 5.50. The molecule has 2 rings (SSSR count). The summed E-state index contributed by atoms with van der Waals surface area (Å²) >= 11 is 5.84. The molecule has 0 aliphatic carbocycles. The van der Waals surface area contributed by atoms with Crippen LogP contribution in [0.4, 0.5) is 5.69 Å². The smallest absolute Gasteiger partial charge is 0.335 e. The number of anilines is 1. The maximum atomic E-state index is 10.8. The van der Waals surface area contributed by atoms with Gasteiger partial charge in [0.25, 0.3) is 0 Å². The monoisotopic (exact) mass is 263 g/mol. The summed E-state index contributed by atoms with van der Waals surface area (Å²) in [5, 5.41) is 9.37. The highest BCUT2D eigenvalue weighted by Crippen LogP contribution is 2.30. The first-order valence-electron chi connectivity index (χ1n) is 5.12. The molecule has 0 heterocycles. The van der Waals surface area contributed by atoms with Crippen molar-refractivity contribution in [1.29, 1.82) is 0 Å². The number of aromatic carboxylic acids is 1. The SMILES string of the molecule is Nc1ccc(Cl)cc1Oc1cccc(C(=O)O)c1. The van der Waals surface area contributed by atoms with Crippen LogP contribution < -0.4 is 10.5 Å². The van der Waals surface area contributed by atoms with Crippen LogP contribution in [0, 0.1) is 0 Å². The maximum Gasteiger partial charge on any atom is 0.335 e. The molecule has 2 aromatic carbocycles. The molecule has 0 aromatic heterocycles. The summed E-state index contributed by atoms with van der Waals surface area (Å²) < 4.78 is 5.51. The van der Waals surface area contributed by atoms with E-state index in [2.05, 4.69) is 0 Å². The third-order valence-corrected chi connectivity index (χ3v) is 2.52. The third-order valence-electron chi connectivity index (χ3n) is 2.28. The van der Waals surface area contributed by atoms with Crippen LogP contribution in [0.3, 0.4) is 0 Å². The van der Waals surface area contributed by atoms with E-state index < -0.39 is 5.97 Å². The van der Waals surface area contributed by atoms with E-state index in [9.17, 15) is 4.79 Å². The zero-order valence-electron chi connectivity index (χ0n) is 9.26. The number of carbonyl (C=O) groups is 1. The molecule has 4 nitrogen and oxygen atoms in total. The topological polar surface area (TPSA) is 72.5 Å². The van der Waals surface area contributed by atoms with Crippen LogP contribution in [0.25, 0.3) is 0 Å². The summed E-state index contributed by atoms with van der Waals surface area (Å²) in [5.41, 5.74) is 6.31. The Hall–Kier alpha value is -2.20. The summed E-state index contributed by atoms with van der Waals surface area (Å²) in [7, 11) is 0. The largest absolute Gasteiger partial charge is 0.478 e. The number of nitrogens with two attached hydrogens (primary N) is 1. The number of carboxylic acids is 1. The molecular formula is C13H10ClNO3. The van der Waals surface area contributed by atoms with Gasteiger partial charge in [0.15, 0.2) is 5.75 Å². The molecule has 0 atom stereocenters. The molecule has 3 N–H and O–H groups in total. The lowest BCUT2D eigenvalue weighted by Crippen LogP contribution is -1.97. The van der Waals surface area contributed by atoms with E-state index in [0.717, 1.165) is 0 Å². The zero-order chi connectivity index (χ0) is 13.1. The van der Waals surface area contributed by atoms with Crippen LogP contribution in [0.1, 0.15) is 10.4 Å². The van der Waals surface area contributed by atoms with Crippen LogP contribution in [0.15, 0.2) is 42.5 Å². The number of carboxylic acid groups (broad SMARTS) is 1. The van der Waals surface area contributed by atoms with Crippen molar-refractivity contribution in [1.82, 2.24) is 0 Å². The van der Waals surface area contributed by atoms with Crippen molar-refractivity contribution in [2.75, 3.05) is 5.73 Å². The Morgan fingerprint density at radius 2 is 2.00 bits per heavy atom. The highest BCUT2D eigenvalue weighted by atomic mass is 35.5. The fourth-order valence-electron chi connectivity index (χ4n) is 1.42. The zero-order valence-corrected chi connectivity index (χ0v) is 10.0. The number of nitrogen functional groups attached to an aromatic ring is 1. The van der Waals surface area contributed by atoms with Crippen LogP contribution in [0.2, 0.25) is 5.02 Å². The van der Waals surface area contributed by atoms with E-state index in [0.29, 0.717) is 22.2 Å².